The van der Waals surface area contributed by atoms with Crippen LogP contribution in [0.25, 0.3) is 11.0 Å². The number of hydrogen-bond acceptors (Lipinski definition) is 4. The molecule has 0 unspecified atom stereocenters. The van der Waals surface area contributed by atoms with Gasteiger partial charge in [-0.25, -0.2) is 18.1 Å². The lowest BCUT2D eigenvalue weighted by atomic mass is 10.2. The van der Waals surface area contributed by atoms with E-state index >= 15 is 0 Å². The molecule has 6 nitrogen and oxygen atoms in total. The molecule has 2 heterocycles. The topological polar surface area (TPSA) is 77.1 Å². The summed E-state index contributed by atoms with van der Waals surface area (Å²) in [6.45, 7) is 5.78. The minimum atomic E-state index is -3.67. The maximum absolute atomic E-state index is 12.6. The van der Waals surface area contributed by atoms with Gasteiger partial charge in [0.15, 0.2) is 5.03 Å². The van der Waals surface area contributed by atoms with E-state index in [1.165, 1.54) is 0 Å². The summed E-state index contributed by atoms with van der Waals surface area (Å²) in [5, 5.41) is 1.06. The molecule has 3 rings (SSSR count). The molecule has 1 N–H and O–H groups in total. The molecule has 2 aromatic heterocycles. The second-order valence-corrected chi connectivity index (χ2v) is 8.34. The number of nitrogens with zero attached hydrogens (tertiary/aromatic N) is 2. The van der Waals surface area contributed by atoms with Gasteiger partial charge in [0.1, 0.15) is 17.2 Å². The van der Waals surface area contributed by atoms with Gasteiger partial charge >= 0.3 is 0 Å². The number of aromatic nitrogens is 2. The summed E-state index contributed by atoms with van der Waals surface area (Å²) in [5.74, 6) is 1.65. The van der Waals surface area contributed by atoms with Crippen molar-refractivity contribution in [3.8, 4) is 0 Å². The molecule has 25 heavy (non-hydrogen) atoms. The van der Waals surface area contributed by atoms with E-state index in [9.17, 15) is 8.42 Å². The fraction of sp³-hybridized carbons (Fsp3) is 0.389. The van der Waals surface area contributed by atoms with Gasteiger partial charge < -0.3 is 8.98 Å². The van der Waals surface area contributed by atoms with Crippen LogP contribution in [0.1, 0.15) is 38.3 Å². The van der Waals surface area contributed by atoms with E-state index in [1.807, 2.05) is 51.1 Å². The predicted molar refractivity (Wildman–Crippen MR) is 97.0 cm³/mol. The van der Waals surface area contributed by atoms with Crippen molar-refractivity contribution in [2.45, 2.75) is 44.2 Å². The van der Waals surface area contributed by atoms with E-state index in [0.29, 0.717) is 6.42 Å². The van der Waals surface area contributed by atoms with Crippen molar-refractivity contribution in [3.05, 3.63) is 48.1 Å². The van der Waals surface area contributed by atoms with Crippen LogP contribution in [0.5, 0.6) is 0 Å². The van der Waals surface area contributed by atoms with E-state index in [1.54, 1.807) is 17.8 Å². The highest BCUT2D eigenvalue weighted by Crippen LogP contribution is 2.20. The van der Waals surface area contributed by atoms with Crippen LogP contribution in [0.15, 0.2) is 46.0 Å². The maximum Gasteiger partial charge on any atom is 0.259 e. The van der Waals surface area contributed by atoms with Crippen LogP contribution in [0.3, 0.4) is 0 Å². The lowest BCUT2D eigenvalue weighted by molar-refractivity contribution is 0.503. The minimum Gasteiger partial charge on any atom is -0.461 e. The Hall–Kier alpha value is -2.12. The van der Waals surface area contributed by atoms with Crippen LogP contribution < -0.4 is 4.72 Å². The van der Waals surface area contributed by atoms with Crippen molar-refractivity contribution in [2.75, 3.05) is 0 Å². The predicted octanol–water partition coefficient (Wildman–Crippen LogP) is 3.20. The van der Waals surface area contributed by atoms with Crippen molar-refractivity contribution in [2.24, 2.45) is 7.05 Å². The van der Waals surface area contributed by atoms with Gasteiger partial charge in [-0.2, -0.15) is 0 Å². The Labute approximate surface area is 147 Å². The zero-order valence-corrected chi connectivity index (χ0v) is 15.7. The number of benzene rings is 1. The Morgan fingerprint density at radius 2 is 1.96 bits per heavy atom. The molecule has 0 saturated carbocycles. The second-order valence-electron chi connectivity index (χ2n) is 6.68. The van der Waals surface area contributed by atoms with E-state index in [2.05, 4.69) is 9.71 Å². The summed E-state index contributed by atoms with van der Waals surface area (Å²) >= 11 is 0. The summed E-state index contributed by atoms with van der Waals surface area (Å²) < 4.78 is 35.3. The summed E-state index contributed by atoms with van der Waals surface area (Å²) in [6, 6.07) is 9.36. The van der Waals surface area contributed by atoms with Crippen LogP contribution >= 0.6 is 0 Å². The first kappa shape index (κ1) is 17.7. The quantitative estimate of drug-likeness (QED) is 0.731. The minimum absolute atomic E-state index is 0.0511. The van der Waals surface area contributed by atoms with Gasteiger partial charge in [-0.05, 0) is 19.1 Å². The molecule has 1 aromatic carbocycles. The molecule has 0 fully saturated rings. The molecule has 3 aromatic rings. The first-order valence-electron chi connectivity index (χ1n) is 8.29. The monoisotopic (exact) mass is 361 g/mol. The Morgan fingerprint density at radius 3 is 2.60 bits per heavy atom. The molecule has 0 aliphatic heterocycles. The number of rotatable bonds is 6. The van der Waals surface area contributed by atoms with E-state index in [0.717, 1.165) is 22.6 Å². The molecule has 0 bridgehead atoms. The lowest BCUT2D eigenvalue weighted by Crippen LogP contribution is -2.34. The van der Waals surface area contributed by atoms with Crippen LogP contribution in [-0.4, -0.2) is 24.0 Å². The molecular weight excluding hydrogens is 338 g/mol. The third-order valence-electron chi connectivity index (χ3n) is 4.02. The molecular formula is C18H23N3O3S. The number of hydrogen-bond donors (Lipinski definition) is 1. The fourth-order valence-electron chi connectivity index (χ4n) is 2.92. The first-order valence-corrected chi connectivity index (χ1v) is 9.77. The normalized spacial score (nSPS) is 13.6. The molecule has 0 saturated heterocycles. The van der Waals surface area contributed by atoms with Crippen molar-refractivity contribution in [1.82, 2.24) is 14.3 Å². The highest BCUT2D eigenvalue weighted by Gasteiger charge is 2.23. The smallest absolute Gasteiger partial charge is 0.259 e. The highest BCUT2D eigenvalue weighted by atomic mass is 32.2. The average Bonchev–Trinajstić information content (AvgIpc) is 3.09. The number of sulfonamides is 1. The molecule has 0 amide bonds. The Morgan fingerprint density at radius 1 is 1.24 bits per heavy atom. The lowest BCUT2D eigenvalue weighted by Gasteiger charge is -2.11. The van der Waals surface area contributed by atoms with E-state index in [-0.39, 0.29) is 17.0 Å². The Balaban J connectivity index is 1.74. The number of nitrogens with one attached hydrogen (secondary N) is 1. The number of imidazole rings is 1. The Bertz CT molecular complexity index is 953. The number of fused-ring (bicyclic) bond motifs is 1. The van der Waals surface area contributed by atoms with Crippen molar-refractivity contribution in [3.63, 3.8) is 0 Å². The summed E-state index contributed by atoms with van der Waals surface area (Å²) in [7, 11) is -1.86. The largest absolute Gasteiger partial charge is 0.461 e. The summed E-state index contributed by atoms with van der Waals surface area (Å²) in [4.78, 5) is 4.26. The molecule has 7 heteroatoms. The third-order valence-corrected chi connectivity index (χ3v) is 5.48. The van der Waals surface area contributed by atoms with Crippen LogP contribution in [-0.2, 0) is 23.5 Å². The maximum atomic E-state index is 12.6. The van der Waals surface area contributed by atoms with Crippen molar-refractivity contribution >= 4 is 21.0 Å². The van der Waals surface area contributed by atoms with Gasteiger partial charge in [-0.15, -0.1) is 0 Å². The van der Waals surface area contributed by atoms with Crippen LogP contribution in [0, 0.1) is 0 Å². The van der Waals surface area contributed by atoms with Crippen molar-refractivity contribution < 1.29 is 12.8 Å². The fourth-order valence-corrected chi connectivity index (χ4v) is 4.17. The standard InChI is InChI=1S/C18H23N3O3S/c1-12(2)18-19-17(11-21(18)4)25(22,23)20-13(3)9-15-10-14-7-5-6-8-16(14)24-15/h5-8,10-13,20H,9H2,1-4H3/t13-/m1/s1. The molecule has 134 valence electrons. The molecule has 1 atom stereocenters. The van der Waals surface area contributed by atoms with Gasteiger partial charge in [0.25, 0.3) is 10.0 Å². The molecule has 0 spiro atoms. The molecule has 0 aliphatic rings. The van der Waals surface area contributed by atoms with Gasteiger partial charge in [0, 0.05) is 37.0 Å². The zero-order valence-electron chi connectivity index (χ0n) is 14.9. The van der Waals surface area contributed by atoms with E-state index < -0.39 is 10.0 Å². The van der Waals surface area contributed by atoms with Crippen LogP contribution in [0.4, 0.5) is 0 Å². The zero-order chi connectivity index (χ0) is 18.2. The van der Waals surface area contributed by atoms with Gasteiger partial charge in [0.2, 0.25) is 0 Å². The summed E-state index contributed by atoms with van der Waals surface area (Å²) in [6.07, 6.45) is 2.02. The molecule has 0 radical (unpaired) electrons. The van der Waals surface area contributed by atoms with E-state index in [4.69, 9.17) is 4.42 Å². The average molecular weight is 361 g/mol. The van der Waals surface area contributed by atoms with Gasteiger partial charge in [-0.3, -0.25) is 0 Å². The SMILES string of the molecule is CC(C)c1nc(S(=O)(=O)N[C@H](C)Cc2cc3ccccc3o2)cn1C. The highest BCUT2D eigenvalue weighted by molar-refractivity contribution is 7.89. The molecule has 0 aliphatic carbocycles. The third kappa shape index (κ3) is 3.77. The number of para-hydroxylation sites is 1. The van der Waals surface area contributed by atoms with Crippen molar-refractivity contribution in [1.29, 1.82) is 0 Å². The number of furan rings is 1. The first-order chi connectivity index (χ1) is 11.8. The van der Waals surface area contributed by atoms with Crippen LogP contribution in [0.2, 0.25) is 0 Å². The van der Waals surface area contributed by atoms with Gasteiger partial charge in [-0.1, -0.05) is 32.0 Å². The number of aryl methyl sites for hydroxylation is 1. The Kier molecular flexibility index (Phi) is 4.71. The van der Waals surface area contributed by atoms with Gasteiger partial charge in [0.05, 0.1) is 0 Å². The summed E-state index contributed by atoms with van der Waals surface area (Å²) in [5.41, 5.74) is 0.804. The second kappa shape index (κ2) is 6.65.